The van der Waals surface area contributed by atoms with Gasteiger partial charge in [-0.15, -0.1) is 10.2 Å². The first kappa shape index (κ1) is 14.9. The summed E-state index contributed by atoms with van der Waals surface area (Å²) >= 11 is 5.58. The van der Waals surface area contributed by atoms with E-state index in [1.165, 1.54) is 37.8 Å². The molecule has 1 rings (SSSR count). The summed E-state index contributed by atoms with van der Waals surface area (Å²) in [5.41, 5.74) is 0.199. The lowest BCUT2D eigenvalue weighted by molar-refractivity contribution is 0.0489. The van der Waals surface area contributed by atoms with Crippen molar-refractivity contribution in [2.75, 3.05) is 6.61 Å². The van der Waals surface area contributed by atoms with Crippen molar-refractivity contribution < 1.29 is 9.53 Å². The Morgan fingerprint density at radius 2 is 1.89 bits per heavy atom. The first-order valence-electron chi connectivity index (χ1n) is 6.40. The second kappa shape index (κ2) is 8.86. The largest absolute Gasteiger partial charge is 0.461 e. The van der Waals surface area contributed by atoms with E-state index in [9.17, 15) is 4.79 Å². The van der Waals surface area contributed by atoms with E-state index in [2.05, 4.69) is 17.1 Å². The highest BCUT2D eigenvalue weighted by Gasteiger charge is 2.08. The molecule has 0 unspecified atom stereocenters. The number of carbonyl (C=O) groups is 1. The molecule has 5 heteroatoms. The summed E-state index contributed by atoms with van der Waals surface area (Å²) in [5.74, 6) is -0.437. The number of hydrogen-bond donors (Lipinski definition) is 0. The number of unbranched alkanes of at least 4 members (excludes halogenated alkanes) is 5. The molecule has 0 aliphatic heterocycles. The van der Waals surface area contributed by atoms with Crippen molar-refractivity contribution >= 4 is 17.6 Å². The van der Waals surface area contributed by atoms with Gasteiger partial charge in [-0.25, -0.2) is 4.79 Å². The quantitative estimate of drug-likeness (QED) is 0.534. The molecule has 0 spiro atoms. The van der Waals surface area contributed by atoms with Gasteiger partial charge in [-0.3, -0.25) is 0 Å². The predicted molar refractivity (Wildman–Crippen MR) is 70.7 cm³/mol. The van der Waals surface area contributed by atoms with Gasteiger partial charge in [0.15, 0.2) is 10.8 Å². The SMILES string of the molecule is CCCCCCCCOC(=O)c1ccc(Cl)nn1. The highest BCUT2D eigenvalue weighted by molar-refractivity contribution is 6.29. The van der Waals surface area contributed by atoms with Crippen LogP contribution in [-0.2, 0) is 4.74 Å². The van der Waals surface area contributed by atoms with Crippen LogP contribution in [0, 0.1) is 0 Å². The number of esters is 1. The van der Waals surface area contributed by atoms with E-state index in [0.717, 1.165) is 12.8 Å². The average Bonchev–Trinajstić information content (AvgIpc) is 2.38. The molecule has 0 fully saturated rings. The number of halogens is 1. The Morgan fingerprint density at radius 3 is 2.56 bits per heavy atom. The third-order valence-corrected chi connectivity index (χ3v) is 2.77. The van der Waals surface area contributed by atoms with Crippen molar-refractivity contribution in [3.05, 3.63) is 23.0 Å². The number of carbonyl (C=O) groups excluding carboxylic acids is 1. The van der Waals surface area contributed by atoms with Gasteiger partial charge in [0.05, 0.1) is 6.61 Å². The smallest absolute Gasteiger partial charge is 0.358 e. The standard InChI is InChI=1S/C13H19ClN2O2/c1-2-3-4-5-6-7-10-18-13(17)11-8-9-12(14)16-15-11/h8-9H,2-7,10H2,1H3. The van der Waals surface area contributed by atoms with Crippen molar-refractivity contribution in [3.63, 3.8) is 0 Å². The van der Waals surface area contributed by atoms with Crippen LogP contribution in [0.2, 0.25) is 5.15 Å². The number of aromatic nitrogens is 2. The van der Waals surface area contributed by atoms with Crippen LogP contribution in [0.4, 0.5) is 0 Å². The van der Waals surface area contributed by atoms with E-state index in [4.69, 9.17) is 16.3 Å². The van der Waals surface area contributed by atoms with Gasteiger partial charge in [0.25, 0.3) is 0 Å². The lowest BCUT2D eigenvalue weighted by atomic mass is 10.1. The zero-order valence-electron chi connectivity index (χ0n) is 10.7. The Labute approximate surface area is 113 Å². The summed E-state index contributed by atoms with van der Waals surface area (Å²) in [5, 5.41) is 7.52. The normalized spacial score (nSPS) is 10.3. The summed E-state index contributed by atoms with van der Waals surface area (Å²) in [7, 11) is 0. The van der Waals surface area contributed by atoms with Crippen molar-refractivity contribution in [2.24, 2.45) is 0 Å². The Balaban J connectivity index is 2.12. The molecule has 18 heavy (non-hydrogen) atoms. The highest BCUT2D eigenvalue weighted by Crippen LogP contribution is 2.06. The summed E-state index contributed by atoms with van der Waals surface area (Å²) < 4.78 is 5.09. The molecule has 0 aliphatic rings. The van der Waals surface area contributed by atoms with E-state index in [-0.39, 0.29) is 10.8 Å². The van der Waals surface area contributed by atoms with Gasteiger partial charge in [-0.1, -0.05) is 50.6 Å². The van der Waals surface area contributed by atoms with Gasteiger partial charge in [0, 0.05) is 0 Å². The summed E-state index contributed by atoms with van der Waals surface area (Å²) in [6, 6.07) is 3.04. The summed E-state index contributed by atoms with van der Waals surface area (Å²) in [4.78, 5) is 11.5. The van der Waals surface area contributed by atoms with Crippen LogP contribution in [-0.4, -0.2) is 22.8 Å². The van der Waals surface area contributed by atoms with Crippen LogP contribution in [0.15, 0.2) is 12.1 Å². The minimum atomic E-state index is -0.437. The van der Waals surface area contributed by atoms with Crippen LogP contribution in [0.1, 0.15) is 55.9 Å². The first-order chi connectivity index (χ1) is 8.74. The van der Waals surface area contributed by atoms with E-state index >= 15 is 0 Å². The van der Waals surface area contributed by atoms with Gasteiger partial charge in [-0.2, -0.15) is 0 Å². The molecule has 1 aromatic heterocycles. The van der Waals surface area contributed by atoms with E-state index in [0.29, 0.717) is 6.61 Å². The zero-order chi connectivity index (χ0) is 13.2. The molecular weight excluding hydrogens is 252 g/mol. The Hall–Kier alpha value is -1.16. The lowest BCUT2D eigenvalue weighted by Crippen LogP contribution is -2.09. The summed E-state index contributed by atoms with van der Waals surface area (Å²) in [6.07, 6.45) is 6.97. The third kappa shape index (κ3) is 5.96. The number of hydrogen-bond acceptors (Lipinski definition) is 4. The van der Waals surface area contributed by atoms with Gasteiger partial charge in [-0.05, 0) is 18.6 Å². The van der Waals surface area contributed by atoms with Crippen LogP contribution >= 0.6 is 11.6 Å². The molecule has 100 valence electrons. The first-order valence-corrected chi connectivity index (χ1v) is 6.78. The molecule has 0 aromatic carbocycles. The van der Waals surface area contributed by atoms with Crippen molar-refractivity contribution in [2.45, 2.75) is 45.4 Å². The number of nitrogens with zero attached hydrogens (tertiary/aromatic N) is 2. The van der Waals surface area contributed by atoms with Crippen LogP contribution in [0.25, 0.3) is 0 Å². The number of rotatable bonds is 8. The molecule has 0 N–H and O–H groups in total. The molecule has 0 amide bonds. The van der Waals surface area contributed by atoms with Crippen molar-refractivity contribution in [1.82, 2.24) is 10.2 Å². The van der Waals surface area contributed by atoms with E-state index < -0.39 is 5.97 Å². The monoisotopic (exact) mass is 270 g/mol. The Bertz CT molecular complexity index is 355. The van der Waals surface area contributed by atoms with Crippen molar-refractivity contribution in [1.29, 1.82) is 0 Å². The molecule has 0 aliphatic carbocycles. The molecule has 1 aromatic rings. The van der Waals surface area contributed by atoms with Crippen LogP contribution in [0.5, 0.6) is 0 Å². The minimum Gasteiger partial charge on any atom is -0.461 e. The van der Waals surface area contributed by atoms with Gasteiger partial charge < -0.3 is 4.74 Å². The van der Waals surface area contributed by atoms with Gasteiger partial charge in [0.1, 0.15) is 0 Å². The zero-order valence-corrected chi connectivity index (χ0v) is 11.4. The van der Waals surface area contributed by atoms with Crippen LogP contribution in [0.3, 0.4) is 0 Å². The fourth-order valence-electron chi connectivity index (χ4n) is 1.55. The highest BCUT2D eigenvalue weighted by atomic mass is 35.5. The second-order valence-corrected chi connectivity index (χ2v) is 4.53. The van der Waals surface area contributed by atoms with Gasteiger partial charge >= 0.3 is 5.97 Å². The Morgan fingerprint density at radius 1 is 1.17 bits per heavy atom. The average molecular weight is 271 g/mol. The maximum Gasteiger partial charge on any atom is 0.358 e. The molecule has 0 bridgehead atoms. The third-order valence-electron chi connectivity index (χ3n) is 2.57. The lowest BCUT2D eigenvalue weighted by Gasteiger charge is -2.03. The molecule has 4 nitrogen and oxygen atoms in total. The van der Waals surface area contributed by atoms with Crippen LogP contribution < -0.4 is 0 Å². The fraction of sp³-hybridized carbons (Fsp3) is 0.615. The molecule has 1 heterocycles. The molecule has 0 saturated heterocycles. The van der Waals surface area contributed by atoms with Gasteiger partial charge in [0.2, 0.25) is 0 Å². The predicted octanol–water partition coefficient (Wildman–Crippen LogP) is 3.65. The molecular formula is C13H19ClN2O2. The maximum atomic E-state index is 11.5. The number of ether oxygens (including phenoxy) is 1. The molecule has 0 saturated carbocycles. The topological polar surface area (TPSA) is 52.1 Å². The minimum absolute atomic E-state index is 0.199. The fourth-order valence-corrected chi connectivity index (χ4v) is 1.65. The van der Waals surface area contributed by atoms with Crippen molar-refractivity contribution in [3.8, 4) is 0 Å². The summed E-state index contributed by atoms with van der Waals surface area (Å²) in [6.45, 7) is 2.63. The second-order valence-electron chi connectivity index (χ2n) is 4.14. The maximum absolute atomic E-state index is 11.5. The molecule has 0 atom stereocenters. The molecule has 0 radical (unpaired) electrons. The van der Waals surface area contributed by atoms with E-state index in [1.807, 2.05) is 0 Å². The van der Waals surface area contributed by atoms with E-state index in [1.54, 1.807) is 0 Å². The Kier molecular flexibility index (Phi) is 7.34.